The third-order valence-electron chi connectivity index (χ3n) is 7.45. The van der Waals surface area contributed by atoms with Crippen molar-refractivity contribution < 1.29 is 9.53 Å². The first-order valence-electron chi connectivity index (χ1n) is 12.7. The summed E-state index contributed by atoms with van der Waals surface area (Å²) in [5, 5.41) is 1.19. The van der Waals surface area contributed by atoms with E-state index in [1.54, 1.807) is 4.57 Å². The van der Waals surface area contributed by atoms with Crippen LogP contribution in [0, 0.1) is 19.4 Å². The Morgan fingerprint density at radius 1 is 1.14 bits per heavy atom. The molecule has 2 aromatic carbocycles. The molecule has 5 rings (SSSR count). The molecule has 0 bridgehead atoms. The van der Waals surface area contributed by atoms with Crippen LogP contribution < -0.4 is 0 Å². The molecule has 0 N–H and O–H groups in total. The number of nitrogens with zero attached hydrogens (tertiary/aromatic N) is 3. The first kappa shape index (κ1) is 23.6. The van der Waals surface area contributed by atoms with Gasteiger partial charge in [-0.15, -0.1) is 0 Å². The highest BCUT2D eigenvalue weighted by atomic mass is 16.6. The molecule has 3 aromatic rings. The number of aromatic nitrogens is 1. The summed E-state index contributed by atoms with van der Waals surface area (Å²) < 4.78 is 7.40. The predicted octanol–water partition coefficient (Wildman–Crippen LogP) is 7.05. The van der Waals surface area contributed by atoms with E-state index in [0.29, 0.717) is 23.4 Å². The first-order valence-corrected chi connectivity index (χ1v) is 12.7. The van der Waals surface area contributed by atoms with E-state index in [2.05, 4.69) is 48.0 Å². The van der Waals surface area contributed by atoms with Crippen LogP contribution in [0.5, 0.6) is 0 Å². The summed E-state index contributed by atoms with van der Waals surface area (Å²) in [4.78, 5) is 19.0. The predicted molar refractivity (Wildman–Crippen MR) is 140 cm³/mol. The van der Waals surface area contributed by atoms with Crippen molar-refractivity contribution in [3.63, 3.8) is 0 Å². The lowest BCUT2D eigenvalue weighted by molar-refractivity contribution is 0.0544. The van der Waals surface area contributed by atoms with E-state index in [0.717, 1.165) is 30.6 Å². The Bertz CT molecular complexity index is 1300. The molecular weight excluding hydrogens is 434 g/mol. The van der Waals surface area contributed by atoms with Crippen LogP contribution in [0.25, 0.3) is 15.7 Å². The number of hydrogen-bond donors (Lipinski definition) is 0. The molecule has 0 radical (unpaired) electrons. The summed E-state index contributed by atoms with van der Waals surface area (Å²) in [6.07, 6.45) is 5.04. The molecule has 0 unspecified atom stereocenters. The highest BCUT2D eigenvalue weighted by Gasteiger charge is 2.35. The van der Waals surface area contributed by atoms with Gasteiger partial charge in [0.2, 0.25) is 0 Å². The third kappa shape index (κ3) is 4.73. The first-order chi connectivity index (χ1) is 16.6. The van der Waals surface area contributed by atoms with Gasteiger partial charge in [0.25, 0.3) is 0 Å². The SMILES string of the molecule is [C-]#[N+]c1ccc([C@@H]2CN(C)C[C@H]2Cc2c(C3CC3)cc(C)c3c2ccn3C(=O)OC(C)(C)C)cc1. The van der Waals surface area contributed by atoms with Gasteiger partial charge in [-0.1, -0.05) is 30.3 Å². The minimum absolute atomic E-state index is 0.320. The van der Waals surface area contributed by atoms with Gasteiger partial charge >= 0.3 is 6.09 Å². The van der Waals surface area contributed by atoms with Crippen LogP contribution in [-0.4, -0.2) is 41.3 Å². The molecule has 0 spiro atoms. The normalized spacial score (nSPS) is 20.8. The van der Waals surface area contributed by atoms with Crippen LogP contribution in [0.15, 0.2) is 42.6 Å². The zero-order valence-corrected chi connectivity index (χ0v) is 21.5. The summed E-state index contributed by atoms with van der Waals surface area (Å²) in [5.74, 6) is 1.54. The fraction of sp³-hybridized carbons (Fsp3) is 0.467. The van der Waals surface area contributed by atoms with Crippen LogP contribution in [-0.2, 0) is 11.2 Å². The highest BCUT2D eigenvalue weighted by molar-refractivity contribution is 5.94. The number of carbonyl (C=O) groups is 1. The zero-order chi connectivity index (χ0) is 24.9. The van der Waals surface area contributed by atoms with Gasteiger partial charge in [0, 0.05) is 30.6 Å². The summed E-state index contributed by atoms with van der Waals surface area (Å²) in [7, 11) is 2.20. The van der Waals surface area contributed by atoms with E-state index >= 15 is 0 Å². The maximum absolute atomic E-state index is 13.0. The molecule has 182 valence electrons. The number of benzene rings is 2. The molecule has 35 heavy (non-hydrogen) atoms. The zero-order valence-electron chi connectivity index (χ0n) is 21.5. The molecule has 2 fully saturated rings. The van der Waals surface area contributed by atoms with Crippen molar-refractivity contribution in [3.8, 4) is 0 Å². The van der Waals surface area contributed by atoms with E-state index in [9.17, 15) is 4.79 Å². The smallest absolute Gasteiger partial charge is 0.418 e. The molecule has 2 aliphatic rings. The van der Waals surface area contributed by atoms with Crippen molar-refractivity contribution in [2.24, 2.45) is 5.92 Å². The van der Waals surface area contributed by atoms with E-state index in [4.69, 9.17) is 11.3 Å². The Kier molecular flexibility index (Phi) is 5.97. The fourth-order valence-electron chi connectivity index (χ4n) is 5.80. The Balaban J connectivity index is 1.54. The number of carbonyl (C=O) groups excluding carboxylic acids is 1. The lowest BCUT2D eigenvalue weighted by Gasteiger charge is -2.23. The number of likely N-dealkylation sites (N-methyl/N-ethyl adjacent to an activating group) is 1. The van der Waals surface area contributed by atoms with Gasteiger partial charge < -0.3 is 9.64 Å². The highest BCUT2D eigenvalue weighted by Crippen LogP contribution is 2.46. The van der Waals surface area contributed by atoms with Crippen molar-refractivity contribution in [2.75, 3.05) is 20.1 Å². The molecule has 0 amide bonds. The molecule has 5 nitrogen and oxygen atoms in total. The summed E-state index contributed by atoms with van der Waals surface area (Å²) in [5.41, 5.74) is 6.44. The van der Waals surface area contributed by atoms with E-state index < -0.39 is 5.60 Å². The maximum Gasteiger partial charge on any atom is 0.418 e. The minimum Gasteiger partial charge on any atom is -0.443 e. The van der Waals surface area contributed by atoms with Gasteiger partial charge in [-0.25, -0.2) is 9.64 Å². The lowest BCUT2D eigenvalue weighted by Crippen LogP contribution is -2.26. The van der Waals surface area contributed by atoms with E-state index in [1.165, 1.54) is 34.9 Å². The van der Waals surface area contributed by atoms with Crippen molar-refractivity contribution in [3.05, 3.63) is 76.3 Å². The average Bonchev–Trinajstić information content (AvgIpc) is 3.43. The van der Waals surface area contributed by atoms with Gasteiger partial charge in [0.15, 0.2) is 5.69 Å². The number of ether oxygens (including phenoxy) is 1. The number of aryl methyl sites for hydroxylation is 1. The molecule has 1 aliphatic carbocycles. The summed E-state index contributed by atoms with van der Waals surface area (Å²) in [6, 6.07) is 12.6. The third-order valence-corrected chi connectivity index (χ3v) is 7.45. The van der Waals surface area contributed by atoms with Crippen LogP contribution in [0.4, 0.5) is 10.5 Å². The van der Waals surface area contributed by atoms with Crippen molar-refractivity contribution in [1.29, 1.82) is 0 Å². The lowest BCUT2D eigenvalue weighted by atomic mass is 9.82. The van der Waals surface area contributed by atoms with Crippen molar-refractivity contribution in [2.45, 2.75) is 64.4 Å². The van der Waals surface area contributed by atoms with E-state index in [-0.39, 0.29) is 6.09 Å². The fourth-order valence-corrected chi connectivity index (χ4v) is 5.80. The molecule has 5 heteroatoms. The number of fused-ring (bicyclic) bond motifs is 1. The van der Waals surface area contributed by atoms with Gasteiger partial charge in [0.1, 0.15) is 5.60 Å². The second-order valence-electron chi connectivity index (χ2n) is 11.5. The molecule has 1 aliphatic heterocycles. The second-order valence-corrected chi connectivity index (χ2v) is 11.5. The summed E-state index contributed by atoms with van der Waals surface area (Å²) in [6.45, 7) is 17.2. The maximum atomic E-state index is 13.0. The van der Waals surface area contributed by atoms with Gasteiger partial charge in [-0.2, -0.15) is 0 Å². The Morgan fingerprint density at radius 3 is 2.49 bits per heavy atom. The quantitative estimate of drug-likeness (QED) is 0.384. The van der Waals surface area contributed by atoms with Crippen LogP contribution >= 0.6 is 0 Å². The molecular formula is C30H35N3O2. The van der Waals surface area contributed by atoms with Gasteiger partial charge in [-0.3, -0.25) is 4.57 Å². The van der Waals surface area contributed by atoms with Gasteiger partial charge in [0.05, 0.1) is 12.1 Å². The molecule has 2 atom stereocenters. The van der Waals surface area contributed by atoms with Crippen LogP contribution in [0.3, 0.4) is 0 Å². The summed E-state index contributed by atoms with van der Waals surface area (Å²) >= 11 is 0. The van der Waals surface area contributed by atoms with Crippen molar-refractivity contribution >= 4 is 22.7 Å². The van der Waals surface area contributed by atoms with E-state index in [1.807, 2.05) is 39.1 Å². The molecule has 2 heterocycles. The number of rotatable bonds is 4. The largest absolute Gasteiger partial charge is 0.443 e. The Morgan fingerprint density at radius 2 is 1.86 bits per heavy atom. The number of likely N-dealkylation sites (tertiary alicyclic amines) is 1. The van der Waals surface area contributed by atoms with Crippen molar-refractivity contribution in [1.82, 2.24) is 9.47 Å². The standard InChI is InChI=1S/C30H35N3O2/c1-19-15-25(20-7-8-20)26(24-13-14-33(28(19)24)29(34)35-30(2,3)4)16-22-17-32(6)18-27(22)21-9-11-23(31-5)12-10-21/h9-15,20,22,27H,7-8,16-18H2,1-4,6H3/t22-,27+/m1/s1. The minimum atomic E-state index is -0.539. The van der Waals surface area contributed by atoms with Crippen LogP contribution in [0.2, 0.25) is 0 Å². The Labute approximate surface area is 208 Å². The molecule has 1 saturated heterocycles. The average molecular weight is 470 g/mol. The Hall–Kier alpha value is -3.10. The molecule has 1 aromatic heterocycles. The topological polar surface area (TPSA) is 38.8 Å². The monoisotopic (exact) mass is 469 g/mol. The second kappa shape index (κ2) is 8.84. The van der Waals surface area contributed by atoms with Gasteiger partial charge in [-0.05, 0) is 94.2 Å². The van der Waals surface area contributed by atoms with Crippen LogP contribution in [0.1, 0.15) is 67.7 Å². The number of hydrogen-bond acceptors (Lipinski definition) is 3. The molecule has 1 saturated carbocycles.